The topological polar surface area (TPSA) is 82.0 Å². The monoisotopic (exact) mass is 427 g/mol. The normalized spacial score (nSPS) is 18.1. The largest absolute Gasteiger partial charge is 0.480 e. The lowest BCUT2D eigenvalue weighted by atomic mass is 9.91. The van der Waals surface area contributed by atoms with Crippen molar-refractivity contribution >= 4 is 57.4 Å². The second kappa shape index (κ2) is 7.76. The van der Waals surface area contributed by atoms with Crippen LogP contribution in [-0.2, 0) is 9.59 Å². The number of nitrogens with zero attached hydrogens (tertiary/aromatic N) is 2. The molecule has 4 rings (SSSR count). The van der Waals surface area contributed by atoms with Crippen molar-refractivity contribution in [3.63, 3.8) is 0 Å². The number of hydrogen-bond donors (Lipinski definition) is 2. The predicted octanol–water partition coefficient (Wildman–Crippen LogP) is 5.21. The minimum absolute atomic E-state index is 0.137. The van der Waals surface area contributed by atoms with Crippen LogP contribution in [-0.4, -0.2) is 23.2 Å². The van der Waals surface area contributed by atoms with E-state index in [-0.39, 0.29) is 6.42 Å². The number of carbonyl (C=O) groups excluding carboxylic acids is 1. The van der Waals surface area contributed by atoms with Gasteiger partial charge in [-0.1, -0.05) is 64.7 Å². The molecule has 0 spiro atoms. The van der Waals surface area contributed by atoms with E-state index in [2.05, 4.69) is 10.4 Å². The number of isocyanates is 1. The van der Waals surface area contributed by atoms with Crippen molar-refractivity contribution in [2.24, 2.45) is 5.10 Å². The Balaban J connectivity index is 1.86. The van der Waals surface area contributed by atoms with E-state index in [0.29, 0.717) is 21.3 Å². The Morgan fingerprint density at radius 3 is 2.69 bits per heavy atom. The molecule has 146 valence electrons. The zero-order chi connectivity index (χ0) is 20.5. The molecule has 0 aromatic heterocycles. The van der Waals surface area contributed by atoms with Gasteiger partial charge in [0.1, 0.15) is 0 Å². The SMILES string of the molecule is O=C=NN1c2cc(Cl)cc(Cl)c2[C@@H](Nc2cccc3ccccc23)C[C@@H]1C(=O)O. The number of rotatable bonds is 4. The van der Waals surface area contributed by atoms with Crippen molar-refractivity contribution in [2.75, 3.05) is 10.3 Å². The fourth-order valence-corrected chi connectivity index (χ4v) is 4.37. The molecule has 0 fully saturated rings. The minimum Gasteiger partial charge on any atom is -0.480 e. The zero-order valence-electron chi connectivity index (χ0n) is 15.0. The molecule has 1 aliphatic rings. The van der Waals surface area contributed by atoms with Gasteiger partial charge in [0.15, 0.2) is 6.04 Å². The fraction of sp³-hybridized carbons (Fsp3) is 0.143. The molecule has 3 aromatic rings. The summed E-state index contributed by atoms with van der Waals surface area (Å²) in [5.41, 5.74) is 1.84. The molecule has 0 saturated carbocycles. The maximum Gasteiger partial charge on any atom is 0.328 e. The van der Waals surface area contributed by atoms with Gasteiger partial charge in [-0.05, 0) is 23.6 Å². The molecular weight excluding hydrogens is 413 g/mol. The van der Waals surface area contributed by atoms with Crippen LogP contribution in [0.3, 0.4) is 0 Å². The smallest absolute Gasteiger partial charge is 0.328 e. The summed E-state index contributed by atoms with van der Waals surface area (Å²) < 4.78 is 0. The van der Waals surface area contributed by atoms with Gasteiger partial charge in [-0.2, -0.15) is 0 Å². The van der Waals surface area contributed by atoms with Crippen LogP contribution >= 0.6 is 23.2 Å². The van der Waals surface area contributed by atoms with Gasteiger partial charge in [-0.15, -0.1) is 0 Å². The van der Waals surface area contributed by atoms with E-state index >= 15 is 0 Å². The number of carboxylic acid groups (broad SMARTS) is 1. The second-order valence-electron chi connectivity index (χ2n) is 6.67. The number of nitrogens with one attached hydrogen (secondary N) is 1. The average molecular weight is 428 g/mol. The summed E-state index contributed by atoms with van der Waals surface area (Å²) in [6.07, 6.45) is 1.56. The van der Waals surface area contributed by atoms with Gasteiger partial charge < -0.3 is 10.4 Å². The van der Waals surface area contributed by atoms with E-state index in [1.807, 2.05) is 42.5 Å². The van der Waals surface area contributed by atoms with Crippen molar-refractivity contribution in [3.05, 3.63) is 70.2 Å². The van der Waals surface area contributed by atoms with Gasteiger partial charge in [0.25, 0.3) is 6.08 Å². The first-order chi connectivity index (χ1) is 14.0. The van der Waals surface area contributed by atoms with Gasteiger partial charge >= 0.3 is 5.97 Å². The molecule has 6 nitrogen and oxygen atoms in total. The van der Waals surface area contributed by atoms with Crippen molar-refractivity contribution in [2.45, 2.75) is 18.5 Å². The molecule has 8 heteroatoms. The van der Waals surface area contributed by atoms with Gasteiger partial charge in [-0.3, -0.25) is 0 Å². The Kier molecular flexibility index (Phi) is 5.16. The second-order valence-corrected chi connectivity index (χ2v) is 7.51. The van der Waals surface area contributed by atoms with Crippen LogP contribution in [0.4, 0.5) is 11.4 Å². The highest BCUT2D eigenvalue weighted by Crippen LogP contribution is 2.45. The van der Waals surface area contributed by atoms with E-state index < -0.39 is 18.1 Å². The highest BCUT2D eigenvalue weighted by molar-refractivity contribution is 6.35. The Bertz CT molecular complexity index is 1160. The number of carboxylic acids is 1. The molecule has 29 heavy (non-hydrogen) atoms. The van der Waals surface area contributed by atoms with Gasteiger partial charge in [0, 0.05) is 33.1 Å². The number of halogens is 2. The van der Waals surface area contributed by atoms with E-state index in [1.165, 1.54) is 6.08 Å². The maximum absolute atomic E-state index is 11.9. The molecule has 0 unspecified atom stereocenters. The maximum atomic E-state index is 11.9. The van der Waals surface area contributed by atoms with Crippen molar-refractivity contribution in [1.82, 2.24) is 0 Å². The molecule has 2 N–H and O–H groups in total. The Labute approximate surface area is 176 Å². The Hall–Kier alpha value is -3.05. The van der Waals surface area contributed by atoms with E-state index in [9.17, 15) is 14.7 Å². The number of hydrazone groups is 1. The van der Waals surface area contributed by atoms with Crippen LogP contribution in [0, 0.1) is 0 Å². The summed E-state index contributed by atoms with van der Waals surface area (Å²) in [7, 11) is 0. The van der Waals surface area contributed by atoms with Gasteiger partial charge in [0.05, 0.1) is 11.7 Å². The Morgan fingerprint density at radius 2 is 1.93 bits per heavy atom. The van der Waals surface area contributed by atoms with Crippen molar-refractivity contribution in [1.29, 1.82) is 0 Å². The highest BCUT2D eigenvalue weighted by atomic mass is 35.5. The van der Waals surface area contributed by atoms with E-state index in [1.54, 1.807) is 12.1 Å². The average Bonchev–Trinajstić information content (AvgIpc) is 2.69. The number of carbonyl (C=O) groups is 1. The summed E-state index contributed by atoms with van der Waals surface area (Å²) >= 11 is 12.6. The summed E-state index contributed by atoms with van der Waals surface area (Å²) in [4.78, 5) is 22.8. The Morgan fingerprint density at radius 1 is 1.17 bits per heavy atom. The van der Waals surface area contributed by atoms with Crippen LogP contribution in [0.25, 0.3) is 10.8 Å². The summed E-state index contributed by atoms with van der Waals surface area (Å²) in [5.74, 6) is -1.12. The molecule has 0 radical (unpaired) electrons. The van der Waals surface area contributed by atoms with E-state index in [4.69, 9.17) is 23.2 Å². The lowest BCUT2D eigenvalue weighted by molar-refractivity contribution is -0.139. The third kappa shape index (κ3) is 3.54. The lowest BCUT2D eigenvalue weighted by Gasteiger charge is -2.37. The standard InChI is InChI=1S/C21H15Cl2N3O3/c22-13-8-15(23)20-17(10-19(21(28)29)26(24-11-27)18(20)9-13)25-16-7-3-5-12-4-1-2-6-14(12)16/h1-9,17,19,25H,10H2,(H,28,29)/t17-,19+/m0/s1. The molecule has 2 atom stereocenters. The number of benzene rings is 3. The summed E-state index contributed by atoms with van der Waals surface area (Å²) in [6, 6.07) is 15.4. The number of hydrogen-bond acceptors (Lipinski definition) is 5. The van der Waals surface area contributed by atoms with Crippen LogP contribution in [0.1, 0.15) is 18.0 Å². The molecule has 0 saturated heterocycles. The third-order valence-electron chi connectivity index (χ3n) is 4.97. The molecule has 0 amide bonds. The summed E-state index contributed by atoms with van der Waals surface area (Å²) in [6.45, 7) is 0. The van der Waals surface area contributed by atoms with Crippen LogP contribution in [0.15, 0.2) is 59.7 Å². The third-order valence-corrected chi connectivity index (χ3v) is 5.51. The molecular formula is C21H15Cl2N3O3. The molecule has 3 aromatic carbocycles. The first-order valence-corrected chi connectivity index (χ1v) is 9.58. The van der Waals surface area contributed by atoms with Crippen LogP contribution in [0.5, 0.6) is 0 Å². The van der Waals surface area contributed by atoms with Crippen molar-refractivity contribution < 1.29 is 14.7 Å². The lowest BCUT2D eigenvalue weighted by Crippen LogP contribution is -2.44. The molecule has 1 aliphatic heterocycles. The minimum atomic E-state index is -1.12. The number of anilines is 2. The first-order valence-electron chi connectivity index (χ1n) is 8.82. The molecule has 1 heterocycles. The van der Waals surface area contributed by atoms with Crippen molar-refractivity contribution in [3.8, 4) is 0 Å². The zero-order valence-corrected chi connectivity index (χ0v) is 16.5. The number of aliphatic carboxylic acids is 1. The van der Waals surface area contributed by atoms with Gasteiger partial charge in [-0.25, -0.2) is 14.6 Å². The van der Waals surface area contributed by atoms with E-state index in [0.717, 1.165) is 21.5 Å². The predicted molar refractivity (Wildman–Crippen MR) is 113 cm³/mol. The molecule has 0 bridgehead atoms. The number of fused-ring (bicyclic) bond motifs is 2. The molecule has 0 aliphatic carbocycles. The van der Waals surface area contributed by atoms with Gasteiger partial charge in [0.2, 0.25) is 0 Å². The first kappa shape index (κ1) is 19.3. The quantitative estimate of drug-likeness (QED) is 0.440. The fourth-order valence-electron chi connectivity index (χ4n) is 3.76. The van der Waals surface area contributed by atoms with Crippen LogP contribution in [0.2, 0.25) is 10.0 Å². The van der Waals surface area contributed by atoms with Crippen LogP contribution < -0.4 is 10.3 Å². The highest BCUT2D eigenvalue weighted by Gasteiger charge is 2.39. The summed E-state index contributed by atoms with van der Waals surface area (Å²) in [5, 5.41) is 20.6.